The van der Waals surface area contributed by atoms with Crippen molar-refractivity contribution in [2.24, 2.45) is 0 Å². The summed E-state index contributed by atoms with van der Waals surface area (Å²) < 4.78 is 10.4. The van der Waals surface area contributed by atoms with Gasteiger partial charge in [0.2, 0.25) is 0 Å². The molecular formula is C10H8O3. The van der Waals surface area contributed by atoms with Crippen LogP contribution < -0.4 is 5.43 Å². The summed E-state index contributed by atoms with van der Waals surface area (Å²) in [6.07, 6.45) is 1.54. The van der Waals surface area contributed by atoms with E-state index >= 15 is 0 Å². The van der Waals surface area contributed by atoms with Crippen molar-refractivity contribution in [3.8, 4) is 11.5 Å². The van der Waals surface area contributed by atoms with Crippen LogP contribution in [0.15, 0.2) is 44.2 Å². The van der Waals surface area contributed by atoms with Crippen LogP contribution in [0.2, 0.25) is 0 Å². The fraction of sp³-hybridized carbons (Fsp3) is 0.100. The van der Waals surface area contributed by atoms with Crippen molar-refractivity contribution >= 4 is 0 Å². The first-order valence-corrected chi connectivity index (χ1v) is 3.91. The Bertz CT molecular complexity index is 451. The van der Waals surface area contributed by atoms with Crippen molar-refractivity contribution in [2.75, 3.05) is 0 Å². The molecule has 0 atom stereocenters. The molecule has 0 N–H and O–H groups in total. The zero-order valence-corrected chi connectivity index (χ0v) is 7.11. The van der Waals surface area contributed by atoms with Gasteiger partial charge in [-0.05, 0) is 19.1 Å². The number of hydrogen-bond donors (Lipinski definition) is 0. The molecular weight excluding hydrogens is 168 g/mol. The summed E-state index contributed by atoms with van der Waals surface area (Å²) in [4.78, 5) is 11.1. The van der Waals surface area contributed by atoms with E-state index in [2.05, 4.69) is 0 Å². The molecule has 0 fully saturated rings. The summed E-state index contributed by atoms with van der Waals surface area (Å²) >= 11 is 0. The van der Waals surface area contributed by atoms with Crippen molar-refractivity contribution in [2.45, 2.75) is 6.92 Å². The molecule has 0 aromatic carbocycles. The highest BCUT2D eigenvalue weighted by molar-refractivity contribution is 5.48. The maximum atomic E-state index is 11.1. The molecule has 3 heteroatoms. The van der Waals surface area contributed by atoms with Crippen molar-refractivity contribution in [3.05, 3.63) is 46.5 Å². The molecule has 13 heavy (non-hydrogen) atoms. The molecule has 0 spiro atoms. The number of aryl methyl sites for hydroxylation is 1. The minimum absolute atomic E-state index is 0.0739. The molecule has 0 aliphatic rings. The van der Waals surface area contributed by atoms with Crippen LogP contribution in [-0.2, 0) is 0 Å². The SMILES string of the molecule is Cc1cc(=O)cc(-c2ccco2)o1. The van der Waals surface area contributed by atoms with E-state index in [0.717, 1.165) is 0 Å². The van der Waals surface area contributed by atoms with Crippen molar-refractivity contribution in [1.82, 2.24) is 0 Å². The Kier molecular flexibility index (Phi) is 1.77. The van der Waals surface area contributed by atoms with Gasteiger partial charge < -0.3 is 8.83 Å². The molecule has 0 saturated carbocycles. The van der Waals surface area contributed by atoms with Crippen molar-refractivity contribution in [1.29, 1.82) is 0 Å². The van der Waals surface area contributed by atoms with E-state index in [0.29, 0.717) is 17.3 Å². The van der Waals surface area contributed by atoms with Crippen LogP contribution in [0.5, 0.6) is 0 Å². The molecule has 66 valence electrons. The predicted octanol–water partition coefficient (Wildman–Crippen LogP) is 2.21. The zero-order valence-electron chi connectivity index (χ0n) is 7.11. The van der Waals surface area contributed by atoms with E-state index in [1.165, 1.54) is 18.4 Å². The number of rotatable bonds is 1. The molecule has 2 aromatic heterocycles. The summed E-state index contributed by atoms with van der Waals surface area (Å²) in [5.74, 6) is 1.62. The first-order chi connectivity index (χ1) is 6.25. The summed E-state index contributed by atoms with van der Waals surface area (Å²) in [6, 6.07) is 6.34. The molecule has 0 bridgehead atoms. The van der Waals surface area contributed by atoms with Crippen LogP contribution in [0.3, 0.4) is 0 Å². The second kappa shape index (κ2) is 2.94. The maximum absolute atomic E-state index is 11.1. The lowest BCUT2D eigenvalue weighted by molar-refractivity contribution is 0.493. The van der Waals surface area contributed by atoms with Gasteiger partial charge in [-0.15, -0.1) is 0 Å². The van der Waals surface area contributed by atoms with E-state index < -0.39 is 0 Å². The standard InChI is InChI=1S/C10H8O3/c1-7-5-8(11)6-10(13-7)9-3-2-4-12-9/h2-6H,1H3. The largest absolute Gasteiger partial charge is 0.461 e. The molecule has 0 amide bonds. The highest BCUT2D eigenvalue weighted by Gasteiger charge is 2.04. The van der Waals surface area contributed by atoms with Gasteiger partial charge in [0.05, 0.1) is 6.26 Å². The quantitative estimate of drug-likeness (QED) is 0.669. The van der Waals surface area contributed by atoms with E-state index in [1.54, 1.807) is 19.1 Å². The van der Waals surface area contributed by atoms with Crippen LogP contribution in [0, 0.1) is 6.92 Å². The van der Waals surface area contributed by atoms with Gasteiger partial charge in [0.1, 0.15) is 5.76 Å². The third kappa shape index (κ3) is 1.54. The number of hydrogen-bond acceptors (Lipinski definition) is 3. The fourth-order valence-corrected chi connectivity index (χ4v) is 1.14. The summed E-state index contributed by atoms with van der Waals surface area (Å²) in [6.45, 7) is 1.73. The minimum Gasteiger partial charge on any atom is -0.461 e. The van der Waals surface area contributed by atoms with Crippen LogP contribution in [0.25, 0.3) is 11.5 Å². The van der Waals surface area contributed by atoms with E-state index in [9.17, 15) is 4.79 Å². The Morgan fingerprint density at radius 3 is 2.69 bits per heavy atom. The van der Waals surface area contributed by atoms with Crippen LogP contribution in [0.4, 0.5) is 0 Å². The van der Waals surface area contributed by atoms with Gasteiger partial charge in [-0.3, -0.25) is 4.79 Å². The minimum atomic E-state index is -0.0739. The average Bonchev–Trinajstić information content (AvgIpc) is 2.53. The Labute approximate surface area is 74.6 Å². The average molecular weight is 176 g/mol. The molecule has 0 saturated heterocycles. The van der Waals surface area contributed by atoms with Crippen LogP contribution in [0.1, 0.15) is 5.76 Å². The Balaban J connectivity index is 2.59. The van der Waals surface area contributed by atoms with Gasteiger partial charge in [0, 0.05) is 12.1 Å². The van der Waals surface area contributed by atoms with Crippen LogP contribution >= 0.6 is 0 Å². The molecule has 2 rings (SSSR count). The lowest BCUT2D eigenvalue weighted by Crippen LogP contribution is -1.97. The normalized spacial score (nSPS) is 10.2. The topological polar surface area (TPSA) is 43.4 Å². The highest BCUT2D eigenvalue weighted by atomic mass is 16.4. The summed E-state index contributed by atoms with van der Waals surface area (Å²) in [5, 5.41) is 0. The zero-order chi connectivity index (χ0) is 9.26. The van der Waals surface area contributed by atoms with Gasteiger partial charge in [-0.1, -0.05) is 0 Å². The van der Waals surface area contributed by atoms with E-state index in [1.807, 2.05) is 0 Å². The maximum Gasteiger partial charge on any atom is 0.185 e. The lowest BCUT2D eigenvalue weighted by Gasteiger charge is -1.96. The Morgan fingerprint density at radius 2 is 2.08 bits per heavy atom. The molecule has 3 nitrogen and oxygen atoms in total. The van der Waals surface area contributed by atoms with Crippen LogP contribution in [-0.4, -0.2) is 0 Å². The predicted molar refractivity (Wildman–Crippen MR) is 47.4 cm³/mol. The fourth-order valence-electron chi connectivity index (χ4n) is 1.14. The van der Waals surface area contributed by atoms with Crippen molar-refractivity contribution in [3.63, 3.8) is 0 Å². The Hall–Kier alpha value is -1.77. The second-order valence-electron chi connectivity index (χ2n) is 2.75. The van der Waals surface area contributed by atoms with E-state index in [-0.39, 0.29) is 5.43 Å². The monoisotopic (exact) mass is 176 g/mol. The van der Waals surface area contributed by atoms with Gasteiger partial charge >= 0.3 is 0 Å². The van der Waals surface area contributed by atoms with Crippen molar-refractivity contribution < 1.29 is 8.83 Å². The molecule has 2 aromatic rings. The molecule has 2 heterocycles. The van der Waals surface area contributed by atoms with Gasteiger partial charge in [-0.25, -0.2) is 0 Å². The molecule has 0 unspecified atom stereocenters. The highest BCUT2D eigenvalue weighted by Crippen LogP contribution is 2.18. The first-order valence-electron chi connectivity index (χ1n) is 3.91. The summed E-state index contributed by atoms with van der Waals surface area (Å²) in [7, 11) is 0. The van der Waals surface area contributed by atoms with Gasteiger partial charge in [-0.2, -0.15) is 0 Å². The lowest BCUT2D eigenvalue weighted by atomic mass is 10.3. The smallest absolute Gasteiger partial charge is 0.185 e. The molecule has 0 radical (unpaired) electrons. The molecule has 0 aliphatic carbocycles. The number of furan rings is 1. The van der Waals surface area contributed by atoms with Gasteiger partial charge in [0.15, 0.2) is 16.9 Å². The Morgan fingerprint density at radius 1 is 1.23 bits per heavy atom. The summed E-state index contributed by atoms with van der Waals surface area (Å²) in [5.41, 5.74) is -0.0739. The van der Waals surface area contributed by atoms with E-state index in [4.69, 9.17) is 8.83 Å². The first kappa shape index (κ1) is 7.86. The third-order valence-electron chi connectivity index (χ3n) is 1.65. The second-order valence-corrected chi connectivity index (χ2v) is 2.75. The third-order valence-corrected chi connectivity index (χ3v) is 1.65. The molecule has 0 aliphatic heterocycles. The van der Waals surface area contributed by atoms with Gasteiger partial charge in [0.25, 0.3) is 0 Å².